The lowest BCUT2D eigenvalue weighted by Crippen LogP contribution is -2.35. The van der Waals surface area contributed by atoms with Gasteiger partial charge in [0, 0.05) is 12.5 Å². The van der Waals surface area contributed by atoms with Crippen molar-refractivity contribution in [3.63, 3.8) is 0 Å². The van der Waals surface area contributed by atoms with Crippen LogP contribution in [0.4, 0.5) is 4.79 Å². The minimum absolute atomic E-state index is 0.130. The van der Waals surface area contributed by atoms with Crippen molar-refractivity contribution < 1.29 is 9.53 Å². The second kappa shape index (κ2) is 6.73. The van der Waals surface area contributed by atoms with Crippen LogP contribution in [0, 0.1) is 0 Å². The van der Waals surface area contributed by atoms with Crippen LogP contribution in [0.1, 0.15) is 17.0 Å². The standard InChI is InChI=1S/C16H18N2O2/c17-11-14(20-16(18)19)15(12-7-3-1-4-8-12)13-9-5-2-6-10-13/h1-10,14-15H,11,17H2,(H2,18,19)/t14-/m1/s1. The summed E-state index contributed by atoms with van der Waals surface area (Å²) in [5.74, 6) is -0.130. The van der Waals surface area contributed by atoms with E-state index >= 15 is 0 Å². The van der Waals surface area contributed by atoms with E-state index in [1.165, 1.54) is 0 Å². The molecule has 0 aliphatic rings. The number of rotatable bonds is 5. The number of carbonyl (C=O) groups is 1. The van der Waals surface area contributed by atoms with Crippen molar-refractivity contribution in [2.75, 3.05) is 6.54 Å². The number of hydrogen-bond acceptors (Lipinski definition) is 3. The molecule has 0 saturated carbocycles. The van der Waals surface area contributed by atoms with Gasteiger partial charge in [-0.3, -0.25) is 0 Å². The van der Waals surface area contributed by atoms with E-state index < -0.39 is 12.2 Å². The van der Waals surface area contributed by atoms with Crippen molar-refractivity contribution in [1.82, 2.24) is 0 Å². The first kappa shape index (κ1) is 14.1. The summed E-state index contributed by atoms with van der Waals surface area (Å²) < 4.78 is 5.18. The minimum atomic E-state index is -0.808. The van der Waals surface area contributed by atoms with Gasteiger partial charge < -0.3 is 16.2 Å². The Hall–Kier alpha value is -2.33. The zero-order valence-corrected chi connectivity index (χ0v) is 11.1. The predicted octanol–water partition coefficient (Wildman–Crippen LogP) is 2.24. The van der Waals surface area contributed by atoms with Crippen LogP contribution >= 0.6 is 0 Å². The van der Waals surface area contributed by atoms with Gasteiger partial charge in [0.05, 0.1) is 0 Å². The first-order valence-electron chi connectivity index (χ1n) is 6.48. The monoisotopic (exact) mass is 270 g/mol. The molecule has 0 saturated heterocycles. The van der Waals surface area contributed by atoms with E-state index in [4.69, 9.17) is 16.2 Å². The highest BCUT2D eigenvalue weighted by molar-refractivity contribution is 5.65. The third kappa shape index (κ3) is 3.36. The molecule has 4 heteroatoms. The number of hydrogen-bond donors (Lipinski definition) is 2. The third-order valence-corrected chi connectivity index (χ3v) is 3.19. The Labute approximate surface area is 118 Å². The van der Waals surface area contributed by atoms with Crippen molar-refractivity contribution in [3.05, 3.63) is 71.8 Å². The molecule has 1 amide bonds. The van der Waals surface area contributed by atoms with E-state index in [1.807, 2.05) is 60.7 Å². The Bertz CT molecular complexity index is 503. The molecule has 20 heavy (non-hydrogen) atoms. The molecule has 0 unspecified atom stereocenters. The number of amides is 1. The predicted molar refractivity (Wildman–Crippen MR) is 78.2 cm³/mol. The van der Waals surface area contributed by atoms with Gasteiger partial charge in [-0.1, -0.05) is 60.7 Å². The molecule has 4 nitrogen and oxygen atoms in total. The fourth-order valence-electron chi connectivity index (χ4n) is 2.34. The van der Waals surface area contributed by atoms with Crippen molar-refractivity contribution in [3.8, 4) is 0 Å². The van der Waals surface area contributed by atoms with E-state index in [-0.39, 0.29) is 12.5 Å². The zero-order chi connectivity index (χ0) is 14.4. The molecule has 0 bridgehead atoms. The van der Waals surface area contributed by atoms with Crippen LogP contribution in [0.5, 0.6) is 0 Å². The molecule has 0 aliphatic heterocycles. The quantitative estimate of drug-likeness (QED) is 0.874. The summed E-state index contributed by atoms with van der Waals surface area (Å²) in [4.78, 5) is 11.1. The summed E-state index contributed by atoms with van der Waals surface area (Å²) in [5, 5.41) is 0. The highest BCUT2D eigenvalue weighted by atomic mass is 16.6. The first-order valence-corrected chi connectivity index (χ1v) is 6.48. The highest BCUT2D eigenvalue weighted by Crippen LogP contribution is 2.29. The van der Waals surface area contributed by atoms with Gasteiger partial charge in [0.25, 0.3) is 0 Å². The minimum Gasteiger partial charge on any atom is -0.444 e. The van der Waals surface area contributed by atoms with E-state index in [1.54, 1.807) is 0 Å². The summed E-state index contributed by atoms with van der Waals surface area (Å²) in [6, 6.07) is 19.6. The molecule has 0 spiro atoms. The highest BCUT2D eigenvalue weighted by Gasteiger charge is 2.26. The largest absolute Gasteiger partial charge is 0.444 e. The Morgan fingerprint density at radius 3 is 1.75 bits per heavy atom. The maximum atomic E-state index is 11.1. The average molecular weight is 270 g/mol. The van der Waals surface area contributed by atoms with E-state index in [0.29, 0.717) is 0 Å². The Morgan fingerprint density at radius 1 is 0.950 bits per heavy atom. The SMILES string of the molecule is NC[C@@H](OC(N)=O)C(c1ccccc1)c1ccccc1. The number of ether oxygens (including phenoxy) is 1. The van der Waals surface area contributed by atoms with Crippen LogP contribution in [0.3, 0.4) is 0 Å². The number of primary amides is 1. The number of benzene rings is 2. The van der Waals surface area contributed by atoms with Crippen LogP contribution in [0.15, 0.2) is 60.7 Å². The molecule has 4 N–H and O–H groups in total. The maximum absolute atomic E-state index is 11.1. The molecule has 1 atom stereocenters. The van der Waals surface area contributed by atoms with Crippen LogP contribution in [-0.4, -0.2) is 18.7 Å². The van der Waals surface area contributed by atoms with Gasteiger partial charge in [-0.2, -0.15) is 0 Å². The van der Waals surface area contributed by atoms with E-state index in [0.717, 1.165) is 11.1 Å². The van der Waals surface area contributed by atoms with Crippen LogP contribution < -0.4 is 11.5 Å². The lowest BCUT2D eigenvalue weighted by molar-refractivity contribution is 0.101. The topological polar surface area (TPSA) is 78.3 Å². The number of carbonyl (C=O) groups excluding carboxylic acids is 1. The fourth-order valence-corrected chi connectivity index (χ4v) is 2.34. The Morgan fingerprint density at radius 2 is 1.40 bits per heavy atom. The molecule has 2 rings (SSSR count). The van der Waals surface area contributed by atoms with Crippen molar-refractivity contribution in [2.24, 2.45) is 11.5 Å². The summed E-state index contributed by atoms with van der Waals surface area (Å²) in [6.45, 7) is 0.206. The van der Waals surface area contributed by atoms with Gasteiger partial charge in [0.15, 0.2) is 0 Å². The van der Waals surface area contributed by atoms with Gasteiger partial charge in [0.2, 0.25) is 0 Å². The zero-order valence-electron chi connectivity index (χ0n) is 11.1. The van der Waals surface area contributed by atoms with Crippen LogP contribution in [0.2, 0.25) is 0 Å². The molecule has 0 aliphatic carbocycles. The van der Waals surface area contributed by atoms with E-state index in [9.17, 15) is 4.79 Å². The lowest BCUT2D eigenvalue weighted by Gasteiger charge is -2.26. The second-order valence-corrected chi connectivity index (χ2v) is 4.51. The third-order valence-electron chi connectivity index (χ3n) is 3.19. The molecular formula is C16H18N2O2. The van der Waals surface area contributed by atoms with Gasteiger partial charge in [-0.05, 0) is 11.1 Å². The molecule has 0 aromatic heterocycles. The van der Waals surface area contributed by atoms with E-state index in [2.05, 4.69) is 0 Å². The van der Waals surface area contributed by atoms with Crippen LogP contribution in [0.25, 0.3) is 0 Å². The molecule has 0 heterocycles. The maximum Gasteiger partial charge on any atom is 0.404 e. The van der Waals surface area contributed by atoms with Crippen molar-refractivity contribution >= 4 is 6.09 Å². The summed E-state index contributed by atoms with van der Waals surface area (Å²) in [7, 11) is 0. The van der Waals surface area contributed by atoms with Crippen molar-refractivity contribution in [2.45, 2.75) is 12.0 Å². The Balaban J connectivity index is 2.41. The normalized spacial score (nSPS) is 12.1. The fraction of sp³-hybridized carbons (Fsp3) is 0.188. The Kier molecular flexibility index (Phi) is 4.74. The van der Waals surface area contributed by atoms with Gasteiger partial charge in [-0.15, -0.1) is 0 Å². The summed E-state index contributed by atoms with van der Waals surface area (Å²) in [5.41, 5.74) is 13.0. The summed E-state index contributed by atoms with van der Waals surface area (Å²) in [6.07, 6.45) is -1.30. The van der Waals surface area contributed by atoms with Crippen LogP contribution in [-0.2, 0) is 4.74 Å². The second-order valence-electron chi connectivity index (χ2n) is 4.51. The smallest absolute Gasteiger partial charge is 0.404 e. The number of nitrogens with two attached hydrogens (primary N) is 2. The molecule has 2 aromatic rings. The molecule has 0 fully saturated rings. The molecule has 0 radical (unpaired) electrons. The lowest BCUT2D eigenvalue weighted by atomic mass is 9.86. The van der Waals surface area contributed by atoms with Gasteiger partial charge >= 0.3 is 6.09 Å². The van der Waals surface area contributed by atoms with Gasteiger partial charge in [0.1, 0.15) is 6.10 Å². The average Bonchev–Trinajstić information content (AvgIpc) is 2.48. The summed E-state index contributed by atoms with van der Waals surface area (Å²) >= 11 is 0. The molecule has 2 aromatic carbocycles. The molecule has 104 valence electrons. The molecular weight excluding hydrogens is 252 g/mol. The van der Waals surface area contributed by atoms with Crippen molar-refractivity contribution in [1.29, 1.82) is 0 Å². The van der Waals surface area contributed by atoms with Gasteiger partial charge in [-0.25, -0.2) is 4.79 Å². The first-order chi connectivity index (χ1) is 9.72.